The monoisotopic (exact) mass is 463 g/mol. The fraction of sp³-hybridized carbons (Fsp3) is 0.136. The van der Waals surface area contributed by atoms with E-state index in [0.717, 1.165) is 11.1 Å². The van der Waals surface area contributed by atoms with Gasteiger partial charge < -0.3 is 21.1 Å². The maximum absolute atomic E-state index is 12.5. The number of hydrogen-bond acceptors (Lipinski definition) is 8. The zero-order chi connectivity index (χ0) is 24.3. The van der Waals surface area contributed by atoms with Crippen molar-refractivity contribution in [3.05, 3.63) is 83.3 Å². The van der Waals surface area contributed by atoms with Crippen molar-refractivity contribution in [2.45, 2.75) is 13.1 Å². The minimum absolute atomic E-state index is 0.111. The highest BCUT2D eigenvalue weighted by Gasteiger charge is 2.11. The van der Waals surface area contributed by atoms with Crippen LogP contribution in [0.25, 0.3) is 0 Å². The zero-order valence-corrected chi connectivity index (χ0v) is 18.4. The molecule has 12 heteroatoms. The predicted molar refractivity (Wildman–Crippen MR) is 127 cm³/mol. The molecule has 176 valence electrons. The first-order chi connectivity index (χ1) is 16.5. The van der Waals surface area contributed by atoms with E-state index in [-0.39, 0.29) is 23.9 Å². The third-order valence-electron chi connectivity index (χ3n) is 4.62. The van der Waals surface area contributed by atoms with Gasteiger partial charge in [0.25, 0.3) is 5.91 Å². The van der Waals surface area contributed by atoms with E-state index < -0.39 is 11.9 Å². The van der Waals surface area contributed by atoms with Gasteiger partial charge in [-0.3, -0.25) is 10.1 Å². The number of aromatic nitrogens is 2. The number of carbonyl (C=O) groups is 2. The van der Waals surface area contributed by atoms with Gasteiger partial charge in [-0.2, -0.15) is 0 Å². The van der Waals surface area contributed by atoms with Gasteiger partial charge in [-0.25, -0.2) is 26.1 Å². The number of rotatable bonds is 9. The highest BCUT2D eigenvalue weighted by atomic mass is 16.5. The molecule has 1 heterocycles. The van der Waals surface area contributed by atoms with Gasteiger partial charge in [-0.1, -0.05) is 36.4 Å². The van der Waals surface area contributed by atoms with Crippen molar-refractivity contribution in [1.82, 2.24) is 26.1 Å². The van der Waals surface area contributed by atoms with Crippen molar-refractivity contribution in [1.29, 1.82) is 0 Å². The molecule has 0 radical (unpaired) electrons. The maximum atomic E-state index is 12.5. The number of hydrogen-bond donors (Lipinski definition) is 6. The number of hydrazone groups is 1. The van der Waals surface area contributed by atoms with E-state index in [1.807, 2.05) is 24.3 Å². The van der Waals surface area contributed by atoms with Crippen LogP contribution < -0.4 is 37.8 Å². The molecule has 1 aromatic heterocycles. The van der Waals surface area contributed by atoms with E-state index in [2.05, 4.69) is 36.6 Å². The molecule has 3 aromatic rings. The number of nitrogens with two attached hydrogens (primary N) is 2. The Morgan fingerprint density at radius 1 is 1.00 bits per heavy atom. The predicted octanol–water partition coefficient (Wildman–Crippen LogP) is 0.821. The molecule has 0 saturated carbocycles. The van der Waals surface area contributed by atoms with E-state index in [4.69, 9.17) is 16.3 Å². The number of benzene rings is 2. The lowest BCUT2D eigenvalue weighted by molar-refractivity contribution is 0.0945. The highest BCUT2D eigenvalue weighted by molar-refractivity contribution is 5.97. The lowest BCUT2D eigenvalue weighted by Crippen LogP contribution is -2.29. The number of nitrogens with zero attached hydrogens (tertiary/aromatic N) is 3. The first-order valence-corrected chi connectivity index (χ1v) is 10.1. The van der Waals surface area contributed by atoms with Gasteiger partial charge in [-0.15, -0.1) is 5.10 Å². The molecule has 0 bridgehead atoms. The number of carbonyl (C=O) groups excluding carboxylic acids is 2. The molecular formula is C22H25N9O3. The van der Waals surface area contributed by atoms with Gasteiger partial charge in [0.05, 0.1) is 7.11 Å². The summed E-state index contributed by atoms with van der Waals surface area (Å²) in [7, 11) is 1.58. The summed E-state index contributed by atoms with van der Waals surface area (Å²) in [5.41, 5.74) is 10.4. The summed E-state index contributed by atoms with van der Waals surface area (Å²) in [4.78, 5) is 32.6. The fourth-order valence-electron chi connectivity index (χ4n) is 2.88. The normalized spacial score (nSPS) is 10.8. The van der Waals surface area contributed by atoms with Gasteiger partial charge in [-0.05, 0) is 23.3 Å². The summed E-state index contributed by atoms with van der Waals surface area (Å²) in [5.74, 6) is 5.83. The molecule has 34 heavy (non-hydrogen) atoms. The van der Waals surface area contributed by atoms with Crippen LogP contribution in [0, 0.1) is 0 Å². The Morgan fingerprint density at radius 3 is 2.50 bits per heavy atom. The van der Waals surface area contributed by atoms with Crippen molar-refractivity contribution in [3.8, 4) is 5.75 Å². The lowest BCUT2D eigenvalue weighted by atomic mass is 10.1. The summed E-state index contributed by atoms with van der Waals surface area (Å²) in [5, 5.41) is 11.8. The number of ether oxygens (including phenoxy) is 1. The molecule has 0 atom stereocenters. The summed E-state index contributed by atoms with van der Waals surface area (Å²) in [6.07, 6.45) is 1.20. The van der Waals surface area contributed by atoms with Crippen LogP contribution in [0.4, 0.5) is 10.6 Å². The second kappa shape index (κ2) is 11.8. The number of anilines is 1. The molecule has 3 rings (SSSR count). The molecule has 0 fully saturated rings. The molecule has 8 N–H and O–H groups in total. The van der Waals surface area contributed by atoms with Crippen molar-refractivity contribution < 1.29 is 14.3 Å². The van der Waals surface area contributed by atoms with Crippen LogP contribution in [-0.4, -0.2) is 34.9 Å². The number of nitrogens with one attached hydrogen (secondary N) is 4. The summed E-state index contributed by atoms with van der Waals surface area (Å²) in [6, 6.07) is 15.4. The number of urea groups is 1. The molecular weight excluding hydrogens is 438 g/mol. The second-order valence-corrected chi connectivity index (χ2v) is 6.95. The minimum atomic E-state index is -0.472. The van der Waals surface area contributed by atoms with Crippen molar-refractivity contribution in [3.63, 3.8) is 0 Å². The molecule has 3 amide bonds. The Bertz CT molecular complexity index is 1170. The SMILES string of the molecule is COc1cccc(CNC(=O)Nc2cc(C(=O)NCc3ccc(/C(N)=N/NN)cc3)ncn2)c1. The minimum Gasteiger partial charge on any atom is -0.497 e. The van der Waals surface area contributed by atoms with Crippen LogP contribution in [0.2, 0.25) is 0 Å². The second-order valence-electron chi connectivity index (χ2n) is 6.95. The molecule has 12 nitrogen and oxygen atoms in total. The standard InChI is InChI=1S/C22H25N9O3/c1-34-17-4-2-3-15(9-17)12-26-22(33)29-19-10-18(27-13-28-19)21(32)25-11-14-5-7-16(8-6-14)20(23)30-31-24/h2-10,13,31H,11-12,24H2,1H3,(H2,23,30)(H,25,32)(H2,26,27,28,29,33). The third-order valence-corrected chi connectivity index (χ3v) is 4.62. The number of amides is 3. The Morgan fingerprint density at radius 2 is 1.76 bits per heavy atom. The van der Waals surface area contributed by atoms with Gasteiger partial charge in [0.2, 0.25) is 0 Å². The van der Waals surface area contributed by atoms with Gasteiger partial charge in [0.1, 0.15) is 23.6 Å². The van der Waals surface area contributed by atoms with E-state index in [1.165, 1.54) is 12.4 Å². The first-order valence-electron chi connectivity index (χ1n) is 10.1. The Labute approximate surface area is 195 Å². The largest absolute Gasteiger partial charge is 0.497 e. The molecule has 0 aliphatic heterocycles. The van der Waals surface area contributed by atoms with Crippen LogP contribution in [0.15, 0.2) is 66.0 Å². The molecule has 0 aliphatic rings. The molecule has 0 saturated heterocycles. The average Bonchev–Trinajstić information content (AvgIpc) is 2.86. The van der Waals surface area contributed by atoms with E-state index in [1.54, 1.807) is 31.4 Å². The highest BCUT2D eigenvalue weighted by Crippen LogP contribution is 2.12. The van der Waals surface area contributed by atoms with Gasteiger partial charge in [0, 0.05) is 24.7 Å². The van der Waals surface area contributed by atoms with Gasteiger partial charge >= 0.3 is 6.03 Å². The first kappa shape index (κ1) is 23.9. The topological polar surface area (TPSA) is 182 Å². The Balaban J connectivity index is 1.52. The van der Waals surface area contributed by atoms with Crippen LogP contribution in [0.3, 0.4) is 0 Å². The molecule has 0 aliphatic carbocycles. The smallest absolute Gasteiger partial charge is 0.320 e. The van der Waals surface area contributed by atoms with E-state index in [9.17, 15) is 9.59 Å². The quantitative estimate of drug-likeness (QED) is 0.117. The van der Waals surface area contributed by atoms with E-state index >= 15 is 0 Å². The third kappa shape index (κ3) is 6.90. The number of hydrazine groups is 1. The fourth-order valence-corrected chi connectivity index (χ4v) is 2.88. The molecule has 0 unspecified atom stereocenters. The average molecular weight is 464 g/mol. The van der Waals surface area contributed by atoms with Crippen molar-refractivity contribution >= 4 is 23.6 Å². The summed E-state index contributed by atoms with van der Waals surface area (Å²) < 4.78 is 5.17. The van der Waals surface area contributed by atoms with Gasteiger partial charge in [0.15, 0.2) is 5.84 Å². The van der Waals surface area contributed by atoms with Crippen molar-refractivity contribution in [2.75, 3.05) is 12.4 Å². The van der Waals surface area contributed by atoms with Crippen molar-refractivity contribution in [2.24, 2.45) is 16.7 Å². The zero-order valence-electron chi connectivity index (χ0n) is 18.4. The summed E-state index contributed by atoms with van der Waals surface area (Å²) >= 11 is 0. The lowest BCUT2D eigenvalue weighted by Gasteiger charge is -2.09. The Kier molecular flexibility index (Phi) is 8.30. The maximum Gasteiger partial charge on any atom is 0.320 e. The molecule has 0 spiro atoms. The summed E-state index contributed by atoms with van der Waals surface area (Å²) in [6.45, 7) is 0.555. The van der Waals surface area contributed by atoms with Crippen LogP contribution >= 0.6 is 0 Å². The van der Waals surface area contributed by atoms with Crippen LogP contribution in [0.1, 0.15) is 27.2 Å². The van der Waals surface area contributed by atoms with Crippen LogP contribution in [0.5, 0.6) is 5.75 Å². The Hall–Kier alpha value is -4.71. The number of amidine groups is 1. The molecule has 2 aromatic carbocycles. The van der Waals surface area contributed by atoms with E-state index in [0.29, 0.717) is 17.9 Å². The number of methoxy groups -OCH3 is 1. The van der Waals surface area contributed by atoms with Crippen LogP contribution in [-0.2, 0) is 13.1 Å².